The average molecular weight is 342 g/mol. The highest BCUT2D eigenvalue weighted by atomic mass is 16.5. The van der Waals surface area contributed by atoms with Crippen LogP contribution in [0.25, 0.3) is 0 Å². The van der Waals surface area contributed by atoms with Crippen molar-refractivity contribution in [2.24, 2.45) is 5.16 Å². The van der Waals surface area contributed by atoms with E-state index in [1.165, 1.54) is 11.8 Å². The van der Waals surface area contributed by atoms with E-state index in [2.05, 4.69) is 10.5 Å². The Morgan fingerprint density at radius 3 is 2.60 bits per heavy atom. The van der Waals surface area contributed by atoms with Crippen molar-refractivity contribution in [1.29, 1.82) is 0 Å². The van der Waals surface area contributed by atoms with Gasteiger partial charge < -0.3 is 20.0 Å². The molecule has 0 spiro atoms. The number of nitrogens with one attached hydrogen (secondary N) is 1. The third-order valence-electron chi connectivity index (χ3n) is 3.62. The molecule has 6 heteroatoms. The van der Waals surface area contributed by atoms with Gasteiger partial charge in [0.15, 0.2) is 18.1 Å². The molecule has 0 fully saturated rings. The summed E-state index contributed by atoms with van der Waals surface area (Å²) in [7, 11) is 0. The third-order valence-corrected chi connectivity index (χ3v) is 3.62. The zero-order valence-electron chi connectivity index (χ0n) is 14.6. The monoisotopic (exact) mass is 342 g/mol. The number of aryl methyl sites for hydroxylation is 2. The summed E-state index contributed by atoms with van der Waals surface area (Å²) >= 11 is 0. The highest BCUT2D eigenvalue weighted by Gasteiger charge is 2.09. The Morgan fingerprint density at radius 2 is 1.92 bits per heavy atom. The van der Waals surface area contributed by atoms with E-state index < -0.39 is 0 Å². The molecular formula is C19H22N2O4. The van der Waals surface area contributed by atoms with Crippen LogP contribution >= 0.6 is 0 Å². The van der Waals surface area contributed by atoms with Gasteiger partial charge in [0.2, 0.25) is 0 Å². The van der Waals surface area contributed by atoms with Gasteiger partial charge in [0.25, 0.3) is 5.91 Å². The van der Waals surface area contributed by atoms with E-state index in [0.717, 1.165) is 11.3 Å². The number of nitrogens with zero attached hydrogens (tertiary/aromatic N) is 1. The summed E-state index contributed by atoms with van der Waals surface area (Å²) in [6.07, 6.45) is 1.29. The van der Waals surface area contributed by atoms with Crippen molar-refractivity contribution >= 4 is 17.8 Å². The minimum absolute atomic E-state index is 0.138. The highest BCUT2D eigenvalue weighted by Crippen LogP contribution is 2.28. The molecule has 0 bridgehead atoms. The lowest BCUT2D eigenvalue weighted by atomic mass is 10.1. The molecule has 0 radical (unpaired) electrons. The first-order chi connectivity index (χ1) is 12.0. The number of anilines is 1. The molecule has 0 aliphatic heterocycles. The lowest BCUT2D eigenvalue weighted by Crippen LogP contribution is -2.20. The van der Waals surface area contributed by atoms with Crippen LogP contribution in [0.2, 0.25) is 0 Å². The molecule has 0 saturated carbocycles. The van der Waals surface area contributed by atoms with Gasteiger partial charge in [-0.3, -0.25) is 4.79 Å². The normalized spacial score (nSPS) is 10.7. The molecule has 2 rings (SSSR count). The molecule has 2 aromatic rings. The van der Waals surface area contributed by atoms with Crippen LogP contribution in [-0.4, -0.2) is 30.5 Å². The largest absolute Gasteiger partial charge is 0.490 e. The number of oxime groups is 1. The van der Waals surface area contributed by atoms with Crippen molar-refractivity contribution in [3.8, 4) is 11.5 Å². The van der Waals surface area contributed by atoms with Gasteiger partial charge in [-0.25, -0.2) is 0 Å². The molecule has 0 heterocycles. The Kier molecular flexibility index (Phi) is 6.39. The van der Waals surface area contributed by atoms with Gasteiger partial charge in [-0.15, -0.1) is 0 Å². The van der Waals surface area contributed by atoms with Gasteiger partial charge in [-0.1, -0.05) is 11.2 Å². The predicted molar refractivity (Wildman–Crippen MR) is 97.0 cm³/mol. The number of hydrogen-bond donors (Lipinski definition) is 2. The topological polar surface area (TPSA) is 80.2 Å². The number of carbonyl (C=O) groups is 1. The number of ether oxygens (including phenoxy) is 2. The maximum absolute atomic E-state index is 12.1. The van der Waals surface area contributed by atoms with E-state index in [9.17, 15) is 4.79 Å². The maximum Gasteiger partial charge on any atom is 0.262 e. The van der Waals surface area contributed by atoms with Crippen LogP contribution in [-0.2, 0) is 4.79 Å². The zero-order valence-corrected chi connectivity index (χ0v) is 14.6. The van der Waals surface area contributed by atoms with Gasteiger partial charge in [-0.2, -0.15) is 0 Å². The van der Waals surface area contributed by atoms with Crippen molar-refractivity contribution in [2.75, 3.05) is 18.5 Å². The van der Waals surface area contributed by atoms with Crippen LogP contribution in [0.4, 0.5) is 5.69 Å². The quantitative estimate of drug-likeness (QED) is 0.458. The number of amides is 1. The number of benzene rings is 2. The van der Waals surface area contributed by atoms with E-state index >= 15 is 0 Å². The van der Waals surface area contributed by atoms with E-state index in [1.54, 1.807) is 18.2 Å². The summed E-state index contributed by atoms with van der Waals surface area (Å²) in [6, 6.07) is 10.8. The minimum Gasteiger partial charge on any atom is -0.490 e. The first-order valence-corrected chi connectivity index (χ1v) is 7.97. The van der Waals surface area contributed by atoms with Crippen molar-refractivity contribution in [2.45, 2.75) is 20.8 Å². The van der Waals surface area contributed by atoms with Gasteiger partial charge in [0.05, 0.1) is 12.8 Å². The molecule has 0 atom stereocenters. The van der Waals surface area contributed by atoms with Crippen LogP contribution in [0.15, 0.2) is 41.6 Å². The summed E-state index contributed by atoms with van der Waals surface area (Å²) in [5, 5.41) is 14.4. The zero-order chi connectivity index (χ0) is 18.2. The molecule has 6 nitrogen and oxygen atoms in total. The van der Waals surface area contributed by atoms with E-state index in [1.807, 2.05) is 39.0 Å². The molecule has 1 amide bonds. The molecule has 0 saturated heterocycles. The first-order valence-electron chi connectivity index (χ1n) is 7.97. The Balaban J connectivity index is 2.01. The van der Waals surface area contributed by atoms with Crippen molar-refractivity contribution in [3.05, 3.63) is 53.1 Å². The highest BCUT2D eigenvalue weighted by molar-refractivity contribution is 5.92. The molecule has 0 aliphatic carbocycles. The fraction of sp³-hybridized carbons (Fsp3) is 0.263. The van der Waals surface area contributed by atoms with Gasteiger partial charge >= 0.3 is 0 Å². The van der Waals surface area contributed by atoms with Crippen LogP contribution in [0.3, 0.4) is 0 Å². The third kappa shape index (κ3) is 5.24. The predicted octanol–water partition coefficient (Wildman–Crippen LogP) is 3.53. The second-order valence-corrected chi connectivity index (χ2v) is 5.52. The molecule has 0 aromatic heterocycles. The Morgan fingerprint density at radius 1 is 1.12 bits per heavy atom. The van der Waals surface area contributed by atoms with Crippen molar-refractivity contribution in [3.63, 3.8) is 0 Å². The van der Waals surface area contributed by atoms with Crippen LogP contribution in [0, 0.1) is 13.8 Å². The lowest BCUT2D eigenvalue weighted by molar-refractivity contribution is -0.118. The molecule has 132 valence electrons. The molecule has 2 N–H and O–H groups in total. The number of hydrogen-bond acceptors (Lipinski definition) is 5. The van der Waals surface area contributed by atoms with E-state index in [-0.39, 0.29) is 12.5 Å². The Hall–Kier alpha value is -3.02. The Bertz CT molecular complexity index is 772. The van der Waals surface area contributed by atoms with Gasteiger partial charge in [-0.05, 0) is 62.2 Å². The molecule has 25 heavy (non-hydrogen) atoms. The van der Waals surface area contributed by atoms with Crippen molar-refractivity contribution in [1.82, 2.24) is 0 Å². The van der Waals surface area contributed by atoms with E-state index in [4.69, 9.17) is 14.7 Å². The smallest absolute Gasteiger partial charge is 0.262 e. The van der Waals surface area contributed by atoms with E-state index in [0.29, 0.717) is 23.7 Å². The summed E-state index contributed by atoms with van der Waals surface area (Å²) < 4.78 is 11.1. The first kappa shape index (κ1) is 18.3. The number of carbonyl (C=O) groups excluding carboxylic acids is 1. The lowest BCUT2D eigenvalue weighted by Gasteiger charge is -2.13. The maximum atomic E-state index is 12.1. The fourth-order valence-corrected chi connectivity index (χ4v) is 2.22. The summed E-state index contributed by atoms with van der Waals surface area (Å²) in [4.78, 5) is 12.1. The van der Waals surface area contributed by atoms with Crippen LogP contribution in [0.1, 0.15) is 23.6 Å². The fourth-order valence-electron chi connectivity index (χ4n) is 2.22. The minimum atomic E-state index is -0.258. The number of rotatable bonds is 7. The SMILES string of the molecule is CCOc1cc(/C=N/O)ccc1OCC(=O)Nc1ccc(C)c(C)c1. The van der Waals surface area contributed by atoms with Gasteiger partial charge in [0.1, 0.15) is 0 Å². The van der Waals surface area contributed by atoms with Crippen LogP contribution in [0.5, 0.6) is 11.5 Å². The second kappa shape index (κ2) is 8.73. The molecule has 2 aromatic carbocycles. The summed E-state index contributed by atoms with van der Waals surface area (Å²) in [5.41, 5.74) is 3.68. The van der Waals surface area contributed by atoms with Crippen LogP contribution < -0.4 is 14.8 Å². The standard InChI is InChI=1S/C19H22N2O4/c1-4-24-18-10-15(11-20-23)6-8-17(18)25-12-19(22)21-16-7-5-13(2)14(3)9-16/h5-11,23H,4,12H2,1-3H3,(H,21,22)/b20-11+. The molecular weight excluding hydrogens is 320 g/mol. The molecule has 0 aliphatic rings. The second-order valence-electron chi connectivity index (χ2n) is 5.52. The summed E-state index contributed by atoms with van der Waals surface area (Å²) in [6.45, 7) is 6.17. The van der Waals surface area contributed by atoms with Crippen molar-refractivity contribution < 1.29 is 19.5 Å². The summed E-state index contributed by atoms with van der Waals surface area (Å²) in [5.74, 6) is 0.678. The molecule has 0 unspecified atom stereocenters. The average Bonchev–Trinajstić information content (AvgIpc) is 2.58. The Labute approximate surface area is 147 Å². The van der Waals surface area contributed by atoms with Gasteiger partial charge in [0, 0.05) is 11.3 Å².